The number of hydrogen-bond acceptors (Lipinski definition) is 5. The van der Waals surface area contributed by atoms with Gasteiger partial charge in [0.1, 0.15) is 11.2 Å². The molecule has 142 valence electrons. The zero-order chi connectivity index (χ0) is 19.8. The van der Waals surface area contributed by atoms with Crippen molar-refractivity contribution in [1.29, 1.82) is 0 Å². The zero-order valence-corrected chi connectivity index (χ0v) is 17.0. The maximum atomic E-state index is 5.90. The lowest BCUT2D eigenvalue weighted by atomic mass is 10.1. The van der Waals surface area contributed by atoms with Crippen LogP contribution in [0.15, 0.2) is 81.6 Å². The van der Waals surface area contributed by atoms with Crippen molar-refractivity contribution in [3.05, 3.63) is 83.2 Å². The van der Waals surface area contributed by atoms with Gasteiger partial charge >= 0.3 is 0 Å². The number of rotatable bonds is 4. The fourth-order valence-corrected chi connectivity index (χ4v) is 3.99. The largest absolute Gasteiger partial charge is 0.456 e. The minimum Gasteiger partial charge on any atom is -0.456 e. The number of hydrogen-bond donors (Lipinski definition) is 1. The Hall–Kier alpha value is -3.44. The van der Waals surface area contributed by atoms with E-state index in [1.165, 1.54) is 5.56 Å². The fourth-order valence-electron chi connectivity index (χ4n) is 3.33. The lowest BCUT2D eigenvalue weighted by molar-refractivity contribution is 0.669. The minimum atomic E-state index is 0.773. The summed E-state index contributed by atoms with van der Waals surface area (Å²) in [4.78, 5) is 4.64. The molecule has 0 saturated heterocycles. The molecule has 1 N–H and O–H groups in total. The standard InChI is InChI=1S/C24H19N3OS/c1-15-7-9-17(10-8-15)21-14-29-24(25-21)27-26-16(2)18-11-12-23-20(13-18)19-5-3-4-6-22(19)28-23/h3-14H,1-2H3,(H,25,27)/b26-16+. The SMILES string of the molecule is C/C(=N\Nc1nc(-c2ccc(C)cc2)cs1)c1ccc2oc3ccccc3c2c1. The van der Waals surface area contributed by atoms with Gasteiger partial charge in [0.2, 0.25) is 5.13 Å². The molecule has 0 radical (unpaired) electrons. The van der Waals surface area contributed by atoms with E-state index in [4.69, 9.17) is 4.42 Å². The molecule has 29 heavy (non-hydrogen) atoms. The summed E-state index contributed by atoms with van der Waals surface area (Å²) < 4.78 is 5.90. The van der Waals surface area contributed by atoms with Crippen molar-refractivity contribution in [1.82, 2.24) is 4.98 Å². The first-order valence-corrected chi connectivity index (χ1v) is 10.3. The molecule has 5 rings (SSSR count). The molecule has 0 amide bonds. The summed E-state index contributed by atoms with van der Waals surface area (Å²) in [5, 5.41) is 9.58. The van der Waals surface area contributed by atoms with Crippen LogP contribution in [0.4, 0.5) is 5.13 Å². The Morgan fingerprint density at radius 1 is 0.966 bits per heavy atom. The van der Waals surface area contributed by atoms with Crippen molar-refractivity contribution < 1.29 is 4.42 Å². The van der Waals surface area contributed by atoms with Gasteiger partial charge in [0.25, 0.3) is 0 Å². The first kappa shape index (κ1) is 17.6. The maximum absolute atomic E-state index is 5.90. The van der Waals surface area contributed by atoms with E-state index in [-0.39, 0.29) is 0 Å². The number of aromatic nitrogens is 1. The van der Waals surface area contributed by atoms with E-state index in [9.17, 15) is 0 Å². The Bertz CT molecular complexity index is 1350. The van der Waals surface area contributed by atoms with Crippen LogP contribution in [-0.4, -0.2) is 10.7 Å². The molecule has 3 aromatic carbocycles. The molecule has 0 spiro atoms. The van der Waals surface area contributed by atoms with E-state index in [0.29, 0.717) is 0 Å². The molecule has 0 unspecified atom stereocenters. The van der Waals surface area contributed by atoms with Crippen molar-refractivity contribution >= 4 is 44.1 Å². The number of furan rings is 1. The van der Waals surface area contributed by atoms with Gasteiger partial charge in [0.15, 0.2) is 0 Å². The molecule has 0 bridgehead atoms. The number of nitrogens with zero attached hydrogens (tertiary/aromatic N) is 2. The van der Waals surface area contributed by atoms with E-state index >= 15 is 0 Å². The predicted octanol–water partition coefficient (Wildman–Crippen LogP) is 6.85. The highest BCUT2D eigenvalue weighted by molar-refractivity contribution is 7.14. The van der Waals surface area contributed by atoms with E-state index in [1.807, 2.05) is 42.6 Å². The van der Waals surface area contributed by atoms with Crippen molar-refractivity contribution in [3.8, 4) is 11.3 Å². The molecule has 4 nitrogen and oxygen atoms in total. The molecule has 5 aromatic rings. The number of benzene rings is 3. The molecular weight excluding hydrogens is 378 g/mol. The van der Waals surface area contributed by atoms with Gasteiger partial charge in [-0.15, -0.1) is 11.3 Å². The second-order valence-electron chi connectivity index (χ2n) is 7.02. The van der Waals surface area contributed by atoms with E-state index in [1.54, 1.807) is 11.3 Å². The van der Waals surface area contributed by atoms with Gasteiger partial charge in [0, 0.05) is 21.7 Å². The highest BCUT2D eigenvalue weighted by atomic mass is 32.1. The number of nitrogens with one attached hydrogen (secondary N) is 1. The molecular formula is C24H19N3OS. The van der Waals surface area contributed by atoms with Gasteiger partial charge in [-0.05, 0) is 43.7 Å². The Labute approximate surface area is 172 Å². The summed E-state index contributed by atoms with van der Waals surface area (Å²) in [5.74, 6) is 0. The third-order valence-corrected chi connectivity index (χ3v) is 5.71. The van der Waals surface area contributed by atoms with Crippen molar-refractivity contribution in [2.45, 2.75) is 13.8 Å². The lowest BCUT2D eigenvalue weighted by Crippen LogP contribution is -1.99. The van der Waals surface area contributed by atoms with Crippen LogP contribution < -0.4 is 5.43 Å². The molecule has 0 saturated carbocycles. The number of para-hydroxylation sites is 1. The summed E-state index contributed by atoms with van der Waals surface area (Å²) in [5.41, 5.74) is 10.1. The normalized spacial score (nSPS) is 12.0. The number of fused-ring (bicyclic) bond motifs is 3. The van der Waals surface area contributed by atoms with Crippen molar-refractivity contribution in [2.24, 2.45) is 5.10 Å². The van der Waals surface area contributed by atoms with Crippen LogP contribution in [0.1, 0.15) is 18.1 Å². The van der Waals surface area contributed by atoms with Crippen LogP contribution in [0.2, 0.25) is 0 Å². The smallest absolute Gasteiger partial charge is 0.203 e. The van der Waals surface area contributed by atoms with Crippen LogP contribution in [0.3, 0.4) is 0 Å². The van der Waals surface area contributed by atoms with Gasteiger partial charge < -0.3 is 4.42 Å². The summed E-state index contributed by atoms with van der Waals surface area (Å²) in [7, 11) is 0. The van der Waals surface area contributed by atoms with Gasteiger partial charge in [-0.1, -0.05) is 48.0 Å². The van der Waals surface area contributed by atoms with Gasteiger partial charge in [-0.2, -0.15) is 5.10 Å². The molecule has 0 fully saturated rings. The number of aryl methyl sites for hydroxylation is 1. The first-order chi connectivity index (χ1) is 14.2. The van der Waals surface area contributed by atoms with Crippen LogP contribution in [0, 0.1) is 6.92 Å². The fraction of sp³-hybridized carbons (Fsp3) is 0.0833. The average molecular weight is 398 g/mol. The van der Waals surface area contributed by atoms with Crippen LogP contribution in [0.25, 0.3) is 33.2 Å². The van der Waals surface area contributed by atoms with Gasteiger partial charge in [-0.3, -0.25) is 5.43 Å². The average Bonchev–Trinajstić information content (AvgIpc) is 3.37. The molecule has 2 aromatic heterocycles. The summed E-state index contributed by atoms with van der Waals surface area (Å²) >= 11 is 1.55. The summed E-state index contributed by atoms with van der Waals surface area (Å²) in [6, 6.07) is 22.6. The third-order valence-electron chi connectivity index (χ3n) is 4.97. The number of hydrazone groups is 1. The molecule has 0 atom stereocenters. The van der Waals surface area contributed by atoms with Gasteiger partial charge in [-0.25, -0.2) is 4.98 Å². The van der Waals surface area contributed by atoms with Crippen LogP contribution >= 0.6 is 11.3 Å². The Morgan fingerprint density at radius 2 is 1.76 bits per heavy atom. The number of thiazole rings is 1. The number of anilines is 1. The topological polar surface area (TPSA) is 50.4 Å². The molecule has 0 aliphatic heterocycles. The summed E-state index contributed by atoms with van der Waals surface area (Å²) in [6.07, 6.45) is 0. The highest BCUT2D eigenvalue weighted by Crippen LogP contribution is 2.29. The van der Waals surface area contributed by atoms with Crippen LogP contribution in [0.5, 0.6) is 0 Å². The highest BCUT2D eigenvalue weighted by Gasteiger charge is 2.09. The van der Waals surface area contributed by atoms with Gasteiger partial charge in [0.05, 0.1) is 11.4 Å². The quantitative estimate of drug-likeness (QED) is 0.266. The summed E-state index contributed by atoms with van der Waals surface area (Å²) in [6.45, 7) is 4.07. The predicted molar refractivity (Wildman–Crippen MR) is 122 cm³/mol. The molecule has 0 aliphatic rings. The monoisotopic (exact) mass is 397 g/mol. The minimum absolute atomic E-state index is 0.773. The Morgan fingerprint density at radius 3 is 2.62 bits per heavy atom. The first-order valence-electron chi connectivity index (χ1n) is 9.42. The zero-order valence-electron chi connectivity index (χ0n) is 16.1. The third kappa shape index (κ3) is 3.41. The van der Waals surface area contributed by atoms with Crippen molar-refractivity contribution in [2.75, 3.05) is 5.43 Å². The molecule has 5 heteroatoms. The van der Waals surface area contributed by atoms with E-state index in [2.05, 4.69) is 58.8 Å². The second-order valence-corrected chi connectivity index (χ2v) is 7.88. The molecule has 0 aliphatic carbocycles. The van der Waals surface area contributed by atoms with E-state index in [0.717, 1.165) is 49.6 Å². The van der Waals surface area contributed by atoms with E-state index < -0.39 is 0 Å². The van der Waals surface area contributed by atoms with Crippen LogP contribution in [-0.2, 0) is 0 Å². The second kappa shape index (κ2) is 7.18. The lowest BCUT2D eigenvalue weighted by Gasteiger charge is -2.02. The molecule has 2 heterocycles. The Balaban J connectivity index is 1.40. The Kier molecular flexibility index (Phi) is 4.37. The van der Waals surface area contributed by atoms with Crippen molar-refractivity contribution in [3.63, 3.8) is 0 Å². The maximum Gasteiger partial charge on any atom is 0.203 e.